The number of thiazole rings is 1. The minimum atomic E-state index is -3.96. The number of amides is 1. The van der Waals surface area contributed by atoms with Crippen molar-refractivity contribution in [1.82, 2.24) is 14.3 Å². The smallest absolute Gasteiger partial charge is 0.260 e. The monoisotopic (exact) mass is 574 g/mol. The quantitative estimate of drug-likeness (QED) is 0.236. The molecule has 0 atom stereocenters. The molecule has 0 unspecified atom stereocenters. The fourth-order valence-electron chi connectivity index (χ4n) is 3.94. The number of aromatic nitrogens is 2. The number of hydrogen-bond donors (Lipinski definition) is 0. The van der Waals surface area contributed by atoms with Gasteiger partial charge in [-0.1, -0.05) is 17.4 Å². The minimum Gasteiger partial charge on any atom is -0.494 e. The number of fused-ring (bicyclic) bond motifs is 1. The third kappa shape index (κ3) is 6.61. The molecule has 12 heteroatoms. The van der Waals surface area contributed by atoms with E-state index >= 15 is 0 Å². The van der Waals surface area contributed by atoms with Gasteiger partial charge in [-0.3, -0.25) is 14.7 Å². The second-order valence-corrected chi connectivity index (χ2v) is 11.5. The van der Waals surface area contributed by atoms with Gasteiger partial charge in [-0.15, -0.1) is 0 Å². The average Bonchev–Trinajstić information content (AvgIpc) is 3.39. The van der Waals surface area contributed by atoms with Crippen molar-refractivity contribution in [3.05, 3.63) is 78.1 Å². The summed E-state index contributed by atoms with van der Waals surface area (Å²) in [5.74, 6) is 0.355. The van der Waals surface area contributed by atoms with Gasteiger partial charge in [0.25, 0.3) is 5.91 Å². The lowest BCUT2D eigenvalue weighted by molar-refractivity contribution is 0.0985. The Morgan fingerprint density at radius 1 is 1.05 bits per heavy atom. The van der Waals surface area contributed by atoms with Gasteiger partial charge in [0.15, 0.2) is 5.13 Å². The zero-order chi connectivity index (χ0) is 28.5. The Balaban J connectivity index is 1.66. The minimum absolute atomic E-state index is 0.00123. The van der Waals surface area contributed by atoms with Gasteiger partial charge >= 0.3 is 0 Å². The van der Waals surface area contributed by atoms with E-state index < -0.39 is 10.0 Å². The van der Waals surface area contributed by atoms with E-state index in [0.29, 0.717) is 17.5 Å². The maximum absolute atomic E-state index is 13.8. The van der Waals surface area contributed by atoms with Crippen LogP contribution in [0.3, 0.4) is 0 Å². The second kappa shape index (κ2) is 13.1. The van der Waals surface area contributed by atoms with E-state index in [0.717, 1.165) is 20.1 Å². The van der Waals surface area contributed by atoms with Crippen LogP contribution in [0.4, 0.5) is 5.13 Å². The van der Waals surface area contributed by atoms with Gasteiger partial charge in [0.2, 0.25) is 10.0 Å². The summed E-state index contributed by atoms with van der Waals surface area (Å²) in [7, 11) is -3.96. The number of anilines is 1. The number of nitriles is 2. The lowest BCUT2D eigenvalue weighted by atomic mass is 10.2. The molecule has 0 aliphatic heterocycles. The Bertz CT molecular complexity index is 1640. The number of hydrogen-bond acceptors (Lipinski definition) is 9. The summed E-state index contributed by atoms with van der Waals surface area (Å²) >= 11 is 1.35. The van der Waals surface area contributed by atoms with Crippen LogP contribution < -0.4 is 9.64 Å². The number of rotatable bonds is 12. The molecule has 204 valence electrons. The molecule has 1 amide bonds. The Morgan fingerprint density at radius 2 is 1.77 bits per heavy atom. The molecule has 0 saturated heterocycles. The number of sulfonamides is 1. The predicted molar refractivity (Wildman–Crippen MR) is 151 cm³/mol. The molecule has 0 spiro atoms. The molecule has 0 radical (unpaired) electrons. The standard InChI is InChI=1S/C28H26N6O4S2/c1-2-38-23-9-12-25-26(18-23)39-28(32-25)34(20-21-6-3-15-31-19-21)27(35)22-7-10-24(11-8-22)40(36,37)33(16-4-13-29)17-5-14-30/h3,6-12,15,18-19H,2,4-5,16-17,20H2,1H3. The molecule has 4 aromatic rings. The van der Waals surface area contributed by atoms with Crippen LogP contribution >= 0.6 is 11.3 Å². The van der Waals surface area contributed by atoms with Gasteiger partial charge in [-0.05, 0) is 61.0 Å². The molecule has 2 heterocycles. The van der Waals surface area contributed by atoms with Crippen molar-refractivity contribution < 1.29 is 17.9 Å². The summed E-state index contributed by atoms with van der Waals surface area (Å²) in [6.07, 6.45) is 3.32. The van der Waals surface area contributed by atoms with Gasteiger partial charge in [-0.25, -0.2) is 13.4 Å². The summed E-state index contributed by atoms with van der Waals surface area (Å²) in [6, 6.07) is 18.7. The maximum Gasteiger partial charge on any atom is 0.260 e. The highest BCUT2D eigenvalue weighted by atomic mass is 32.2. The van der Waals surface area contributed by atoms with E-state index in [1.165, 1.54) is 40.5 Å². The first-order valence-corrected chi connectivity index (χ1v) is 14.7. The second-order valence-electron chi connectivity index (χ2n) is 8.56. The summed E-state index contributed by atoms with van der Waals surface area (Å²) in [5, 5.41) is 18.3. The SMILES string of the molecule is CCOc1ccc2nc(N(Cc3cccnc3)C(=O)c3ccc(S(=O)(=O)N(CCC#N)CCC#N)cc3)sc2c1. The number of carbonyl (C=O) groups excluding carboxylic acids is 1. The van der Waals surface area contributed by atoms with Crippen molar-refractivity contribution >= 4 is 42.6 Å². The number of nitrogens with zero attached hydrogens (tertiary/aromatic N) is 6. The average molecular weight is 575 g/mol. The lowest BCUT2D eigenvalue weighted by Gasteiger charge is -2.21. The van der Waals surface area contributed by atoms with Crippen LogP contribution in [-0.4, -0.2) is 48.3 Å². The van der Waals surface area contributed by atoms with Crippen LogP contribution in [0, 0.1) is 22.7 Å². The van der Waals surface area contributed by atoms with E-state index in [1.807, 2.05) is 43.3 Å². The Hall–Kier alpha value is -4.36. The Kier molecular flexibility index (Phi) is 9.40. The maximum atomic E-state index is 13.8. The van der Waals surface area contributed by atoms with Gasteiger partial charge in [0.1, 0.15) is 5.75 Å². The molecular formula is C28H26N6O4S2. The Labute approximate surface area is 236 Å². The first-order chi connectivity index (χ1) is 19.4. The van der Waals surface area contributed by atoms with Crippen molar-refractivity contribution in [2.45, 2.75) is 31.2 Å². The topological polar surface area (TPSA) is 140 Å². The molecule has 2 aromatic carbocycles. The van der Waals surface area contributed by atoms with Crippen LogP contribution in [0.25, 0.3) is 10.2 Å². The molecule has 0 saturated carbocycles. The van der Waals surface area contributed by atoms with Crippen molar-refractivity contribution in [2.24, 2.45) is 0 Å². The largest absolute Gasteiger partial charge is 0.494 e. The van der Waals surface area contributed by atoms with E-state index in [9.17, 15) is 13.2 Å². The first kappa shape index (κ1) is 28.6. The Morgan fingerprint density at radius 3 is 2.40 bits per heavy atom. The summed E-state index contributed by atoms with van der Waals surface area (Å²) in [4.78, 5) is 24.1. The van der Waals surface area contributed by atoms with Crippen molar-refractivity contribution in [3.8, 4) is 17.9 Å². The van der Waals surface area contributed by atoms with Crippen molar-refractivity contribution in [1.29, 1.82) is 10.5 Å². The molecule has 0 aliphatic rings. The fraction of sp³-hybridized carbons (Fsp3) is 0.250. The number of carbonyl (C=O) groups is 1. The van der Waals surface area contributed by atoms with Crippen LogP contribution in [0.15, 0.2) is 71.9 Å². The van der Waals surface area contributed by atoms with Crippen LogP contribution in [0.2, 0.25) is 0 Å². The molecule has 2 aromatic heterocycles. The first-order valence-electron chi connectivity index (χ1n) is 12.5. The molecular weight excluding hydrogens is 548 g/mol. The van der Waals surface area contributed by atoms with Crippen LogP contribution in [0.5, 0.6) is 5.75 Å². The summed E-state index contributed by atoms with van der Waals surface area (Å²) in [5.41, 5.74) is 1.80. The molecule has 40 heavy (non-hydrogen) atoms. The van der Waals surface area contributed by atoms with Gasteiger partial charge in [0, 0.05) is 43.9 Å². The number of benzene rings is 2. The molecule has 10 nitrogen and oxygen atoms in total. The molecule has 0 bridgehead atoms. The van der Waals surface area contributed by atoms with E-state index in [1.54, 1.807) is 18.5 Å². The zero-order valence-corrected chi connectivity index (χ0v) is 23.4. The van der Waals surface area contributed by atoms with Crippen molar-refractivity contribution in [3.63, 3.8) is 0 Å². The highest BCUT2D eigenvalue weighted by Crippen LogP contribution is 2.33. The number of ether oxygens (including phenoxy) is 1. The van der Waals surface area contributed by atoms with Gasteiger partial charge in [0.05, 0.1) is 40.4 Å². The molecule has 4 rings (SSSR count). The predicted octanol–water partition coefficient (Wildman–Crippen LogP) is 4.76. The van der Waals surface area contributed by atoms with Crippen LogP contribution in [0.1, 0.15) is 35.7 Å². The lowest BCUT2D eigenvalue weighted by Crippen LogP contribution is -2.33. The fourth-order valence-corrected chi connectivity index (χ4v) is 6.37. The zero-order valence-electron chi connectivity index (χ0n) is 21.7. The molecule has 0 aliphatic carbocycles. The third-order valence-electron chi connectivity index (χ3n) is 5.88. The molecule has 0 fully saturated rings. The van der Waals surface area contributed by atoms with Gasteiger partial charge < -0.3 is 4.74 Å². The number of pyridine rings is 1. The summed E-state index contributed by atoms with van der Waals surface area (Å²) in [6.45, 7) is 2.60. The van der Waals surface area contributed by atoms with E-state index in [2.05, 4.69) is 9.97 Å². The molecule has 0 N–H and O–H groups in total. The third-order valence-corrected chi connectivity index (χ3v) is 8.84. The summed E-state index contributed by atoms with van der Waals surface area (Å²) < 4.78 is 33.9. The highest BCUT2D eigenvalue weighted by molar-refractivity contribution is 7.89. The normalized spacial score (nSPS) is 11.2. The van der Waals surface area contributed by atoms with Gasteiger partial charge in [-0.2, -0.15) is 14.8 Å². The van der Waals surface area contributed by atoms with Crippen molar-refractivity contribution in [2.75, 3.05) is 24.6 Å². The van der Waals surface area contributed by atoms with E-state index in [4.69, 9.17) is 15.3 Å². The highest BCUT2D eigenvalue weighted by Gasteiger charge is 2.26. The van der Waals surface area contributed by atoms with Crippen LogP contribution in [-0.2, 0) is 16.6 Å². The van der Waals surface area contributed by atoms with E-state index in [-0.39, 0.29) is 48.8 Å².